The Morgan fingerprint density at radius 3 is 2.62 bits per heavy atom. The molecule has 0 aromatic heterocycles. The van der Waals surface area contributed by atoms with Crippen molar-refractivity contribution in [1.82, 2.24) is 0 Å². The lowest BCUT2D eigenvalue weighted by atomic mass is 10.1. The summed E-state index contributed by atoms with van der Waals surface area (Å²) in [6.07, 6.45) is 0. The molecule has 0 heterocycles. The molecule has 1 rings (SSSR count). The van der Waals surface area contributed by atoms with Crippen LogP contribution in [-0.2, 0) is 0 Å². The van der Waals surface area contributed by atoms with Crippen LogP contribution in [0.25, 0.3) is 0 Å². The van der Waals surface area contributed by atoms with Gasteiger partial charge >= 0.3 is 0 Å². The van der Waals surface area contributed by atoms with Crippen LogP contribution < -0.4 is 5.73 Å². The first-order valence-electron chi connectivity index (χ1n) is 3.40. The minimum atomic E-state index is -0.267. The van der Waals surface area contributed by atoms with Gasteiger partial charge in [0, 0.05) is 10.2 Å². The lowest BCUT2D eigenvalue weighted by Crippen LogP contribution is -2.05. The van der Waals surface area contributed by atoms with Gasteiger partial charge in [0.1, 0.15) is 0 Å². The molecule has 0 saturated carbocycles. The Bertz CT molecular complexity index is 331. The SMILES string of the molecule is Nc1cc(Br)cc(Cl)c1C(=O)CCl. The molecule has 0 atom stereocenters. The zero-order chi connectivity index (χ0) is 10.0. The number of rotatable bonds is 2. The largest absolute Gasteiger partial charge is 0.398 e. The number of carbonyl (C=O) groups is 1. The fraction of sp³-hybridized carbons (Fsp3) is 0.125. The van der Waals surface area contributed by atoms with Crippen LogP contribution in [0.3, 0.4) is 0 Å². The average Bonchev–Trinajstić information content (AvgIpc) is 2.02. The number of anilines is 1. The number of carbonyl (C=O) groups excluding carboxylic acids is 1. The van der Waals surface area contributed by atoms with Gasteiger partial charge in [0.15, 0.2) is 5.78 Å². The molecule has 0 fully saturated rings. The molecule has 5 heteroatoms. The van der Waals surface area contributed by atoms with Crippen molar-refractivity contribution >= 4 is 50.6 Å². The first-order valence-corrected chi connectivity index (χ1v) is 5.10. The summed E-state index contributed by atoms with van der Waals surface area (Å²) >= 11 is 14.4. The predicted octanol–water partition coefficient (Wildman–Crippen LogP) is 3.11. The Balaban J connectivity index is 3.28. The quantitative estimate of drug-likeness (QED) is 0.515. The fourth-order valence-electron chi connectivity index (χ4n) is 0.954. The minimum absolute atomic E-state index is 0.119. The first-order chi connectivity index (χ1) is 6.06. The zero-order valence-electron chi connectivity index (χ0n) is 6.48. The Kier molecular flexibility index (Phi) is 3.59. The molecule has 0 unspecified atom stereocenters. The topological polar surface area (TPSA) is 43.1 Å². The summed E-state index contributed by atoms with van der Waals surface area (Å²) in [6, 6.07) is 3.23. The van der Waals surface area contributed by atoms with E-state index >= 15 is 0 Å². The number of Topliss-reactive ketones (excluding diaryl/α,β-unsaturated/α-hetero) is 1. The van der Waals surface area contributed by atoms with Crippen LogP contribution in [0.5, 0.6) is 0 Å². The number of nitrogens with two attached hydrogens (primary N) is 1. The van der Waals surface area contributed by atoms with Crippen molar-refractivity contribution in [2.24, 2.45) is 0 Å². The van der Waals surface area contributed by atoms with Crippen LogP contribution in [-0.4, -0.2) is 11.7 Å². The molecule has 0 aliphatic carbocycles. The van der Waals surface area contributed by atoms with Gasteiger partial charge in [0.05, 0.1) is 16.5 Å². The molecule has 0 aliphatic rings. The van der Waals surface area contributed by atoms with Crippen molar-refractivity contribution in [3.05, 3.63) is 27.2 Å². The summed E-state index contributed by atoms with van der Waals surface area (Å²) in [5.74, 6) is -0.386. The van der Waals surface area contributed by atoms with Crippen LogP contribution in [0, 0.1) is 0 Å². The van der Waals surface area contributed by atoms with Gasteiger partial charge in [-0.05, 0) is 12.1 Å². The average molecular weight is 283 g/mol. The van der Waals surface area contributed by atoms with Gasteiger partial charge in [0.2, 0.25) is 0 Å². The van der Waals surface area contributed by atoms with Crippen molar-refractivity contribution in [3.63, 3.8) is 0 Å². The number of ketones is 1. The van der Waals surface area contributed by atoms with E-state index in [0.717, 1.165) is 4.47 Å². The molecule has 1 aromatic rings. The maximum absolute atomic E-state index is 11.3. The van der Waals surface area contributed by atoms with E-state index in [1.165, 1.54) is 0 Å². The maximum atomic E-state index is 11.3. The lowest BCUT2D eigenvalue weighted by molar-refractivity contribution is 0.102. The van der Waals surface area contributed by atoms with E-state index in [0.29, 0.717) is 16.3 Å². The summed E-state index contributed by atoms with van der Waals surface area (Å²) in [5.41, 5.74) is 6.23. The predicted molar refractivity (Wildman–Crippen MR) is 58.6 cm³/mol. The highest BCUT2D eigenvalue weighted by Crippen LogP contribution is 2.27. The number of halogens is 3. The Morgan fingerprint density at radius 2 is 2.15 bits per heavy atom. The normalized spacial score (nSPS) is 10.1. The van der Waals surface area contributed by atoms with Crippen LogP contribution in [0.15, 0.2) is 16.6 Å². The van der Waals surface area contributed by atoms with Gasteiger partial charge in [-0.3, -0.25) is 4.79 Å². The smallest absolute Gasteiger partial charge is 0.181 e. The number of hydrogen-bond donors (Lipinski definition) is 1. The van der Waals surface area contributed by atoms with E-state index in [2.05, 4.69) is 15.9 Å². The van der Waals surface area contributed by atoms with E-state index in [1.54, 1.807) is 12.1 Å². The summed E-state index contributed by atoms with van der Waals surface area (Å²) in [4.78, 5) is 11.3. The maximum Gasteiger partial charge on any atom is 0.181 e. The van der Waals surface area contributed by atoms with Gasteiger partial charge in [0.25, 0.3) is 0 Å². The van der Waals surface area contributed by atoms with Crippen LogP contribution in [0.2, 0.25) is 5.02 Å². The second-order valence-corrected chi connectivity index (χ2v) is 4.00. The van der Waals surface area contributed by atoms with Gasteiger partial charge in [-0.25, -0.2) is 0 Å². The third-order valence-corrected chi connectivity index (χ3v) is 2.48. The molecule has 13 heavy (non-hydrogen) atoms. The highest BCUT2D eigenvalue weighted by atomic mass is 79.9. The first kappa shape index (κ1) is 10.8. The Hall–Kier alpha value is -0.250. The van der Waals surface area contributed by atoms with Crippen molar-refractivity contribution in [3.8, 4) is 0 Å². The lowest BCUT2D eigenvalue weighted by Gasteiger charge is -2.05. The third kappa shape index (κ3) is 2.36. The molecule has 1 aromatic carbocycles. The van der Waals surface area contributed by atoms with Crippen molar-refractivity contribution in [1.29, 1.82) is 0 Å². The Morgan fingerprint density at radius 1 is 1.54 bits per heavy atom. The third-order valence-electron chi connectivity index (χ3n) is 1.49. The van der Waals surface area contributed by atoms with E-state index in [1.807, 2.05) is 0 Å². The van der Waals surface area contributed by atoms with Gasteiger partial charge in [-0.2, -0.15) is 0 Å². The monoisotopic (exact) mass is 281 g/mol. The fourth-order valence-corrected chi connectivity index (χ4v) is 2.03. The molecule has 70 valence electrons. The second kappa shape index (κ2) is 4.31. The van der Waals surface area contributed by atoms with E-state index in [4.69, 9.17) is 28.9 Å². The molecule has 0 aliphatic heterocycles. The number of nitrogen functional groups attached to an aromatic ring is 1. The summed E-state index contributed by atoms with van der Waals surface area (Å²) in [7, 11) is 0. The van der Waals surface area contributed by atoms with E-state index < -0.39 is 0 Å². The second-order valence-electron chi connectivity index (χ2n) is 2.41. The number of hydrogen-bond acceptors (Lipinski definition) is 2. The van der Waals surface area contributed by atoms with Crippen LogP contribution in [0.1, 0.15) is 10.4 Å². The van der Waals surface area contributed by atoms with Crippen molar-refractivity contribution in [2.75, 3.05) is 11.6 Å². The van der Waals surface area contributed by atoms with Gasteiger partial charge in [-0.1, -0.05) is 27.5 Å². The minimum Gasteiger partial charge on any atom is -0.398 e. The molecule has 0 saturated heterocycles. The van der Waals surface area contributed by atoms with E-state index in [9.17, 15) is 4.79 Å². The van der Waals surface area contributed by atoms with Crippen molar-refractivity contribution in [2.45, 2.75) is 0 Å². The number of benzene rings is 1. The molecule has 0 radical (unpaired) electrons. The standard InChI is InChI=1S/C8H6BrCl2NO/c9-4-1-5(11)8(6(12)2-4)7(13)3-10/h1-2H,3,12H2. The summed E-state index contributed by atoms with van der Waals surface area (Å²) in [5, 5.41) is 0.317. The van der Waals surface area contributed by atoms with Gasteiger partial charge < -0.3 is 5.73 Å². The molecule has 0 spiro atoms. The highest BCUT2D eigenvalue weighted by molar-refractivity contribution is 9.10. The van der Waals surface area contributed by atoms with Crippen LogP contribution >= 0.6 is 39.1 Å². The summed E-state index contributed by atoms with van der Waals surface area (Å²) in [6.45, 7) is 0. The molecule has 2 N–H and O–H groups in total. The molecular weight excluding hydrogens is 277 g/mol. The van der Waals surface area contributed by atoms with Crippen molar-refractivity contribution < 1.29 is 4.79 Å². The molecule has 2 nitrogen and oxygen atoms in total. The zero-order valence-corrected chi connectivity index (χ0v) is 9.58. The number of alkyl halides is 1. The molecule has 0 bridgehead atoms. The van der Waals surface area contributed by atoms with E-state index in [-0.39, 0.29) is 11.7 Å². The Labute approximate surface area is 94.1 Å². The molecular formula is C8H6BrCl2NO. The summed E-state index contributed by atoms with van der Waals surface area (Å²) < 4.78 is 0.737. The van der Waals surface area contributed by atoms with Gasteiger partial charge in [-0.15, -0.1) is 11.6 Å². The van der Waals surface area contributed by atoms with Crippen LogP contribution in [0.4, 0.5) is 5.69 Å². The molecule has 0 amide bonds. The highest BCUT2D eigenvalue weighted by Gasteiger charge is 2.13.